The van der Waals surface area contributed by atoms with Gasteiger partial charge in [0.2, 0.25) is 5.91 Å². The Kier molecular flexibility index (Phi) is 4.83. The third kappa shape index (κ3) is 4.02. The van der Waals surface area contributed by atoms with Gasteiger partial charge in [0.1, 0.15) is 11.6 Å². The van der Waals surface area contributed by atoms with Crippen molar-refractivity contribution in [3.8, 4) is 0 Å². The number of hydrogen-bond donors (Lipinski definition) is 1. The number of anilines is 2. The lowest BCUT2D eigenvalue weighted by Crippen LogP contribution is -2.30. The molecule has 1 amide bonds. The Morgan fingerprint density at radius 2 is 2.04 bits per heavy atom. The van der Waals surface area contributed by atoms with E-state index >= 15 is 0 Å². The van der Waals surface area contributed by atoms with E-state index in [-0.39, 0.29) is 17.1 Å². The largest absolute Gasteiger partial charge is 0.351 e. The minimum absolute atomic E-state index is 0.0245. The molecule has 28 heavy (non-hydrogen) atoms. The highest BCUT2D eigenvalue weighted by molar-refractivity contribution is 7.13. The van der Waals surface area contributed by atoms with E-state index in [0.717, 1.165) is 52.2 Å². The number of rotatable bonds is 3. The van der Waals surface area contributed by atoms with E-state index in [0.29, 0.717) is 6.42 Å². The monoisotopic (exact) mass is 397 g/mol. The molecule has 0 spiro atoms. The van der Waals surface area contributed by atoms with Crippen LogP contribution in [0.5, 0.6) is 0 Å². The zero-order valence-electron chi connectivity index (χ0n) is 16.4. The molecule has 146 valence electrons. The number of benzene rings is 2. The van der Waals surface area contributed by atoms with Gasteiger partial charge in [-0.1, -0.05) is 26.8 Å². The van der Waals surface area contributed by atoms with Gasteiger partial charge in [0.25, 0.3) is 0 Å². The lowest BCUT2D eigenvalue weighted by molar-refractivity contribution is -0.117. The third-order valence-electron chi connectivity index (χ3n) is 4.91. The maximum Gasteiger partial charge on any atom is 0.224 e. The van der Waals surface area contributed by atoms with Crippen molar-refractivity contribution >= 4 is 39.0 Å². The fourth-order valence-corrected chi connectivity index (χ4v) is 4.46. The molecular weight excluding hydrogens is 373 g/mol. The number of hydrogen-bond acceptors (Lipinski definition) is 4. The molecule has 0 aliphatic carbocycles. The first kappa shape index (κ1) is 18.9. The first-order chi connectivity index (χ1) is 13.3. The van der Waals surface area contributed by atoms with Gasteiger partial charge in [-0.05, 0) is 64.8 Å². The highest BCUT2D eigenvalue weighted by atomic mass is 32.1. The number of nitrogens with one attached hydrogen (secondary N) is 1. The summed E-state index contributed by atoms with van der Waals surface area (Å²) in [6.07, 6.45) is 1.29. The van der Waals surface area contributed by atoms with Crippen LogP contribution < -0.4 is 10.2 Å². The van der Waals surface area contributed by atoms with Crippen molar-refractivity contribution in [2.75, 3.05) is 16.8 Å². The summed E-state index contributed by atoms with van der Waals surface area (Å²) in [5.41, 5.74) is 3.00. The molecule has 1 aliphatic heterocycles. The van der Waals surface area contributed by atoms with Gasteiger partial charge in [0.15, 0.2) is 0 Å². The summed E-state index contributed by atoms with van der Waals surface area (Å²) in [6, 6.07) is 11.0. The van der Waals surface area contributed by atoms with Gasteiger partial charge >= 0.3 is 0 Å². The van der Waals surface area contributed by atoms with Gasteiger partial charge in [-0.3, -0.25) is 4.79 Å². The van der Waals surface area contributed by atoms with Crippen LogP contribution in [0.1, 0.15) is 38.3 Å². The van der Waals surface area contributed by atoms with Crippen molar-refractivity contribution < 1.29 is 9.18 Å². The summed E-state index contributed by atoms with van der Waals surface area (Å²) < 4.78 is 19.2. The van der Waals surface area contributed by atoms with Gasteiger partial charge in [-0.15, -0.1) is 0 Å². The standard InChI is InChI=1S/C22H24FN3OS/c1-22(2,3)12-20(27)24-17-6-7-18-19(11-17)28-25-21(18)26-9-8-14-10-16(23)5-4-15(14)13-26/h4-7,10-11H,8-9,12-13H2,1-3H3,(H,24,27). The smallest absolute Gasteiger partial charge is 0.224 e. The summed E-state index contributed by atoms with van der Waals surface area (Å²) in [5.74, 6) is 0.811. The fraction of sp³-hybridized carbons (Fsp3) is 0.364. The summed E-state index contributed by atoms with van der Waals surface area (Å²) in [4.78, 5) is 14.4. The lowest BCUT2D eigenvalue weighted by Gasteiger charge is -2.29. The van der Waals surface area contributed by atoms with Crippen molar-refractivity contribution in [1.29, 1.82) is 0 Å². The zero-order chi connectivity index (χ0) is 19.9. The normalized spacial score (nSPS) is 14.2. The van der Waals surface area contributed by atoms with Gasteiger partial charge in [-0.25, -0.2) is 4.39 Å². The van der Waals surface area contributed by atoms with Crippen LogP contribution in [0, 0.1) is 11.2 Å². The number of carbonyl (C=O) groups excluding carboxylic acids is 1. The van der Waals surface area contributed by atoms with Gasteiger partial charge < -0.3 is 10.2 Å². The second-order valence-electron chi connectivity index (χ2n) is 8.59. The number of nitrogens with zero attached hydrogens (tertiary/aromatic N) is 2. The molecule has 0 bridgehead atoms. The molecule has 1 aromatic heterocycles. The summed E-state index contributed by atoms with van der Waals surface area (Å²) in [5, 5.41) is 4.08. The molecule has 4 nitrogen and oxygen atoms in total. The maximum atomic E-state index is 13.4. The highest BCUT2D eigenvalue weighted by Crippen LogP contribution is 2.34. The van der Waals surface area contributed by atoms with Crippen molar-refractivity contribution in [2.45, 2.75) is 40.2 Å². The summed E-state index contributed by atoms with van der Waals surface area (Å²) in [6.45, 7) is 7.71. The van der Waals surface area contributed by atoms with Gasteiger partial charge in [-0.2, -0.15) is 4.37 Å². The summed E-state index contributed by atoms with van der Waals surface area (Å²) >= 11 is 1.44. The Balaban J connectivity index is 1.54. The van der Waals surface area contributed by atoms with Crippen LogP contribution in [0.25, 0.3) is 10.1 Å². The zero-order valence-corrected chi connectivity index (χ0v) is 17.2. The molecule has 0 saturated carbocycles. The predicted octanol–water partition coefficient (Wildman–Crippen LogP) is 5.37. The Labute approximate surface area is 168 Å². The van der Waals surface area contributed by atoms with Crippen LogP contribution in [-0.4, -0.2) is 16.8 Å². The Morgan fingerprint density at radius 1 is 1.21 bits per heavy atom. The van der Waals surface area contributed by atoms with Crippen molar-refractivity contribution in [3.05, 3.63) is 53.3 Å². The molecule has 0 radical (unpaired) electrons. The SMILES string of the molecule is CC(C)(C)CC(=O)Nc1ccc2c(N3CCc4cc(F)ccc4C3)nsc2c1. The van der Waals surface area contributed by atoms with Crippen LogP contribution in [-0.2, 0) is 17.8 Å². The topological polar surface area (TPSA) is 45.2 Å². The minimum atomic E-state index is -0.174. The fourth-order valence-electron chi connectivity index (χ4n) is 3.62. The summed E-state index contributed by atoms with van der Waals surface area (Å²) in [7, 11) is 0. The van der Waals surface area contributed by atoms with Crippen molar-refractivity contribution in [3.63, 3.8) is 0 Å². The molecule has 0 unspecified atom stereocenters. The molecule has 0 saturated heterocycles. The Bertz CT molecular complexity index is 1040. The van der Waals surface area contributed by atoms with Crippen LogP contribution in [0.15, 0.2) is 36.4 Å². The molecule has 0 fully saturated rings. The third-order valence-corrected chi connectivity index (χ3v) is 5.71. The first-order valence-corrected chi connectivity index (χ1v) is 10.3. The van der Waals surface area contributed by atoms with E-state index in [1.165, 1.54) is 17.6 Å². The molecule has 6 heteroatoms. The first-order valence-electron chi connectivity index (χ1n) is 9.50. The predicted molar refractivity (Wildman–Crippen MR) is 113 cm³/mol. The van der Waals surface area contributed by atoms with E-state index in [2.05, 4.69) is 35.4 Å². The van der Waals surface area contributed by atoms with Crippen molar-refractivity contribution in [1.82, 2.24) is 4.37 Å². The second-order valence-corrected chi connectivity index (χ2v) is 9.39. The second kappa shape index (κ2) is 7.17. The van der Waals surface area contributed by atoms with Gasteiger partial charge in [0.05, 0.1) is 4.70 Å². The number of carbonyl (C=O) groups is 1. The van der Waals surface area contributed by atoms with Crippen LogP contribution >= 0.6 is 11.5 Å². The molecular formula is C22H24FN3OS. The maximum absolute atomic E-state index is 13.4. The van der Waals surface area contributed by atoms with E-state index in [1.54, 1.807) is 6.07 Å². The lowest BCUT2D eigenvalue weighted by atomic mass is 9.92. The van der Waals surface area contributed by atoms with E-state index in [1.807, 2.05) is 24.3 Å². The van der Waals surface area contributed by atoms with E-state index < -0.39 is 0 Å². The molecule has 4 rings (SSSR count). The quantitative estimate of drug-likeness (QED) is 0.646. The molecule has 1 N–H and O–H groups in total. The molecule has 0 atom stereocenters. The van der Waals surface area contributed by atoms with Gasteiger partial charge in [0, 0.05) is 30.6 Å². The van der Waals surface area contributed by atoms with Crippen molar-refractivity contribution in [2.24, 2.45) is 5.41 Å². The molecule has 3 aromatic rings. The van der Waals surface area contributed by atoms with E-state index in [4.69, 9.17) is 0 Å². The highest BCUT2D eigenvalue weighted by Gasteiger charge is 2.21. The van der Waals surface area contributed by atoms with Crippen LogP contribution in [0.4, 0.5) is 15.9 Å². The average molecular weight is 398 g/mol. The van der Waals surface area contributed by atoms with Crippen LogP contribution in [0.3, 0.4) is 0 Å². The van der Waals surface area contributed by atoms with Crippen LogP contribution in [0.2, 0.25) is 0 Å². The minimum Gasteiger partial charge on any atom is -0.351 e. The number of halogens is 1. The Hall–Kier alpha value is -2.47. The number of amides is 1. The Morgan fingerprint density at radius 3 is 2.82 bits per heavy atom. The molecule has 1 aliphatic rings. The number of aromatic nitrogens is 1. The van der Waals surface area contributed by atoms with E-state index in [9.17, 15) is 9.18 Å². The average Bonchev–Trinajstić information content (AvgIpc) is 3.02. The molecule has 2 aromatic carbocycles. The number of fused-ring (bicyclic) bond motifs is 2. The molecule has 2 heterocycles.